The minimum Gasteiger partial charge on any atom is -0.354 e. The van der Waals surface area contributed by atoms with Crippen LogP contribution in [0.1, 0.15) is 24.8 Å². The number of piperidine rings is 1. The first kappa shape index (κ1) is 18.7. The Morgan fingerprint density at radius 1 is 0.929 bits per heavy atom. The Balaban J connectivity index is 1.17. The first-order valence-electron chi connectivity index (χ1n) is 10.3. The van der Waals surface area contributed by atoms with E-state index in [-0.39, 0.29) is 18.1 Å². The molecule has 2 aromatic rings. The molecule has 3 heterocycles. The number of anilines is 1. The van der Waals surface area contributed by atoms with E-state index in [2.05, 4.69) is 55.7 Å². The number of nitrogens with one attached hydrogen (secondary N) is 2. The van der Waals surface area contributed by atoms with Crippen LogP contribution in [-0.4, -0.2) is 54.2 Å². The van der Waals surface area contributed by atoms with Gasteiger partial charge in [-0.2, -0.15) is 0 Å². The number of hydrogen-bond acceptors (Lipinski definition) is 4. The number of likely N-dealkylation sites (tertiary alicyclic amines) is 1. The van der Waals surface area contributed by atoms with E-state index in [9.17, 15) is 4.79 Å². The maximum Gasteiger partial charge on any atom is 0.315 e. The molecule has 6 heteroatoms. The summed E-state index contributed by atoms with van der Waals surface area (Å²) in [6, 6.07) is 16.9. The average molecular weight is 380 g/mol. The van der Waals surface area contributed by atoms with Crippen molar-refractivity contribution in [3.63, 3.8) is 0 Å². The van der Waals surface area contributed by atoms with Crippen molar-refractivity contribution in [1.29, 1.82) is 0 Å². The lowest BCUT2D eigenvalue weighted by atomic mass is 10.0. The number of rotatable bonds is 5. The fourth-order valence-electron chi connectivity index (χ4n) is 4.12. The van der Waals surface area contributed by atoms with Gasteiger partial charge in [0.25, 0.3) is 0 Å². The van der Waals surface area contributed by atoms with Crippen molar-refractivity contribution in [2.24, 2.45) is 0 Å². The number of urea groups is 1. The Hall–Kier alpha value is -2.60. The van der Waals surface area contributed by atoms with E-state index < -0.39 is 0 Å². The van der Waals surface area contributed by atoms with E-state index in [4.69, 9.17) is 0 Å². The monoisotopic (exact) mass is 379 g/mol. The zero-order chi connectivity index (χ0) is 19.2. The summed E-state index contributed by atoms with van der Waals surface area (Å²) in [5.41, 5.74) is 1.35. The van der Waals surface area contributed by atoms with Crippen molar-refractivity contribution >= 4 is 11.8 Å². The van der Waals surface area contributed by atoms with E-state index in [0.29, 0.717) is 0 Å². The maximum atomic E-state index is 12.4. The molecular weight excluding hydrogens is 350 g/mol. The zero-order valence-electron chi connectivity index (χ0n) is 16.3. The fraction of sp³-hybridized carbons (Fsp3) is 0.455. The number of aromatic nitrogens is 1. The van der Waals surface area contributed by atoms with Gasteiger partial charge in [-0.3, -0.25) is 4.90 Å². The largest absolute Gasteiger partial charge is 0.354 e. The number of hydrogen-bond donors (Lipinski definition) is 2. The molecule has 0 bridgehead atoms. The molecule has 1 aromatic carbocycles. The lowest BCUT2D eigenvalue weighted by Crippen LogP contribution is -2.50. The van der Waals surface area contributed by atoms with Gasteiger partial charge in [0, 0.05) is 51.0 Å². The molecule has 2 aliphatic heterocycles. The second kappa shape index (κ2) is 9.06. The Morgan fingerprint density at radius 2 is 1.64 bits per heavy atom. The molecule has 0 spiro atoms. The second-order valence-corrected chi connectivity index (χ2v) is 7.77. The molecule has 1 aromatic heterocycles. The average Bonchev–Trinajstić information content (AvgIpc) is 3.19. The van der Waals surface area contributed by atoms with Crippen LogP contribution >= 0.6 is 0 Å². The van der Waals surface area contributed by atoms with Gasteiger partial charge in [-0.25, -0.2) is 9.78 Å². The summed E-state index contributed by atoms with van der Waals surface area (Å²) < 4.78 is 0. The molecule has 2 fully saturated rings. The molecule has 0 radical (unpaired) electrons. The first-order chi connectivity index (χ1) is 13.8. The smallest absolute Gasteiger partial charge is 0.315 e. The predicted octanol–water partition coefficient (Wildman–Crippen LogP) is 2.62. The van der Waals surface area contributed by atoms with Gasteiger partial charge in [-0.1, -0.05) is 36.4 Å². The second-order valence-electron chi connectivity index (χ2n) is 7.77. The predicted molar refractivity (Wildman–Crippen MR) is 111 cm³/mol. The molecule has 2 aliphatic rings. The van der Waals surface area contributed by atoms with E-state index in [1.165, 1.54) is 5.56 Å². The van der Waals surface area contributed by atoms with Crippen molar-refractivity contribution in [3.8, 4) is 0 Å². The molecule has 28 heavy (non-hydrogen) atoms. The van der Waals surface area contributed by atoms with Crippen LogP contribution in [0.25, 0.3) is 0 Å². The molecule has 2 amide bonds. The summed E-state index contributed by atoms with van der Waals surface area (Å²) >= 11 is 0. The lowest BCUT2D eigenvalue weighted by molar-refractivity contribution is 0.186. The third-order valence-electron chi connectivity index (χ3n) is 5.67. The highest BCUT2D eigenvalue weighted by Gasteiger charge is 2.26. The lowest BCUT2D eigenvalue weighted by Gasteiger charge is -2.32. The Morgan fingerprint density at radius 3 is 2.39 bits per heavy atom. The van der Waals surface area contributed by atoms with Crippen LogP contribution in [0.15, 0.2) is 54.7 Å². The zero-order valence-corrected chi connectivity index (χ0v) is 16.3. The number of pyridine rings is 1. The van der Waals surface area contributed by atoms with Crippen molar-refractivity contribution in [3.05, 3.63) is 60.3 Å². The summed E-state index contributed by atoms with van der Waals surface area (Å²) in [5.74, 6) is 0.984. The Labute approximate surface area is 166 Å². The summed E-state index contributed by atoms with van der Waals surface area (Å²) in [6.07, 6.45) is 4.78. The van der Waals surface area contributed by atoms with Crippen molar-refractivity contribution in [1.82, 2.24) is 20.5 Å². The minimum atomic E-state index is -0.0330. The normalized spacial score (nSPS) is 20.9. The Bertz CT molecular complexity index is 746. The number of benzene rings is 1. The van der Waals surface area contributed by atoms with Crippen LogP contribution in [0, 0.1) is 0 Å². The third kappa shape index (κ3) is 5.01. The highest BCUT2D eigenvalue weighted by atomic mass is 16.2. The van der Waals surface area contributed by atoms with Crippen LogP contribution in [0.2, 0.25) is 0 Å². The van der Waals surface area contributed by atoms with Crippen LogP contribution < -0.4 is 15.5 Å². The Kier molecular flexibility index (Phi) is 6.07. The van der Waals surface area contributed by atoms with Crippen LogP contribution in [0.4, 0.5) is 10.6 Å². The number of nitrogens with zero attached hydrogens (tertiary/aromatic N) is 3. The number of carbonyl (C=O) groups is 1. The molecule has 6 nitrogen and oxygen atoms in total. The molecule has 1 atom stereocenters. The standard InChI is InChI=1S/C22H29N5O/c28-22(25-20-11-15-27(17-20)21-8-4-5-12-23-21)24-19-9-13-26(14-10-19)16-18-6-2-1-3-7-18/h1-8,12,19-20H,9-11,13-17H2,(H2,24,25,28). The first-order valence-corrected chi connectivity index (χ1v) is 10.3. The van der Waals surface area contributed by atoms with Gasteiger partial charge >= 0.3 is 6.03 Å². The van der Waals surface area contributed by atoms with Gasteiger partial charge in [-0.15, -0.1) is 0 Å². The van der Waals surface area contributed by atoms with Gasteiger partial charge in [0.2, 0.25) is 0 Å². The van der Waals surface area contributed by atoms with E-state index in [0.717, 1.165) is 57.8 Å². The minimum absolute atomic E-state index is 0.0330. The summed E-state index contributed by atoms with van der Waals surface area (Å²) in [4.78, 5) is 21.5. The van der Waals surface area contributed by atoms with Crippen molar-refractivity contribution < 1.29 is 4.79 Å². The molecule has 1 unspecified atom stereocenters. The highest BCUT2D eigenvalue weighted by Crippen LogP contribution is 2.17. The van der Waals surface area contributed by atoms with E-state index in [1.807, 2.05) is 24.4 Å². The van der Waals surface area contributed by atoms with E-state index >= 15 is 0 Å². The molecule has 0 saturated carbocycles. The van der Waals surface area contributed by atoms with Gasteiger partial charge < -0.3 is 15.5 Å². The topological polar surface area (TPSA) is 60.5 Å². The third-order valence-corrected chi connectivity index (χ3v) is 5.67. The molecule has 0 aliphatic carbocycles. The van der Waals surface area contributed by atoms with Crippen LogP contribution in [0.5, 0.6) is 0 Å². The summed E-state index contributed by atoms with van der Waals surface area (Å²) in [7, 11) is 0. The fourth-order valence-corrected chi connectivity index (χ4v) is 4.12. The van der Waals surface area contributed by atoms with Crippen LogP contribution in [-0.2, 0) is 6.54 Å². The van der Waals surface area contributed by atoms with E-state index in [1.54, 1.807) is 0 Å². The number of carbonyl (C=O) groups excluding carboxylic acids is 1. The molecule has 2 N–H and O–H groups in total. The molecule has 2 saturated heterocycles. The molecular formula is C22H29N5O. The van der Waals surface area contributed by atoms with Crippen molar-refractivity contribution in [2.45, 2.75) is 37.9 Å². The SMILES string of the molecule is O=C(NC1CCN(Cc2ccccc2)CC1)NC1CCN(c2ccccn2)C1. The highest BCUT2D eigenvalue weighted by molar-refractivity contribution is 5.74. The number of amides is 2. The molecule has 148 valence electrons. The quantitative estimate of drug-likeness (QED) is 0.838. The summed E-state index contributed by atoms with van der Waals surface area (Å²) in [5, 5.41) is 6.32. The van der Waals surface area contributed by atoms with Gasteiger partial charge in [-0.05, 0) is 37.0 Å². The van der Waals surface area contributed by atoms with Crippen molar-refractivity contribution in [2.75, 3.05) is 31.1 Å². The summed E-state index contributed by atoms with van der Waals surface area (Å²) in [6.45, 7) is 4.79. The van der Waals surface area contributed by atoms with Gasteiger partial charge in [0.15, 0.2) is 0 Å². The van der Waals surface area contributed by atoms with Gasteiger partial charge in [0.1, 0.15) is 5.82 Å². The maximum absolute atomic E-state index is 12.4. The molecule has 4 rings (SSSR count). The van der Waals surface area contributed by atoms with Crippen LogP contribution in [0.3, 0.4) is 0 Å². The van der Waals surface area contributed by atoms with Gasteiger partial charge in [0.05, 0.1) is 0 Å².